The molecule has 1 heterocycles. The van der Waals surface area contributed by atoms with Crippen LogP contribution in [0.5, 0.6) is 0 Å². The first kappa shape index (κ1) is 15.5. The summed E-state index contributed by atoms with van der Waals surface area (Å²) >= 11 is 0. The fourth-order valence-corrected chi connectivity index (χ4v) is 3.00. The molecule has 116 valence electrons. The lowest BCUT2D eigenvalue weighted by atomic mass is 9.82. The van der Waals surface area contributed by atoms with E-state index in [1.54, 1.807) is 11.9 Å². The summed E-state index contributed by atoms with van der Waals surface area (Å²) in [5.41, 5.74) is 0.784. The quantitative estimate of drug-likeness (QED) is 0.900. The molecule has 1 fully saturated rings. The van der Waals surface area contributed by atoms with Crippen molar-refractivity contribution in [1.29, 1.82) is 0 Å². The fraction of sp³-hybridized carbons (Fsp3) is 0.667. The Morgan fingerprint density at radius 3 is 2.43 bits per heavy atom. The van der Waals surface area contributed by atoms with E-state index in [2.05, 4.69) is 5.16 Å². The molecule has 1 aliphatic rings. The van der Waals surface area contributed by atoms with Crippen LogP contribution in [-0.2, 0) is 16.1 Å². The molecule has 1 aromatic heterocycles. The minimum Gasteiger partial charge on any atom is -0.481 e. The van der Waals surface area contributed by atoms with E-state index in [9.17, 15) is 14.7 Å². The zero-order chi connectivity index (χ0) is 15.6. The van der Waals surface area contributed by atoms with Gasteiger partial charge in [-0.1, -0.05) is 18.0 Å². The molecular formula is C15H22N2O4. The van der Waals surface area contributed by atoms with Gasteiger partial charge in [-0.3, -0.25) is 9.59 Å². The lowest BCUT2D eigenvalue weighted by Gasteiger charge is -2.26. The van der Waals surface area contributed by atoms with Crippen molar-refractivity contribution in [2.75, 3.05) is 7.05 Å². The second-order valence-corrected chi connectivity index (χ2v) is 6.02. The van der Waals surface area contributed by atoms with E-state index >= 15 is 0 Å². The summed E-state index contributed by atoms with van der Waals surface area (Å²) in [6.07, 6.45) is 3.02. The van der Waals surface area contributed by atoms with Crippen LogP contribution in [0.3, 0.4) is 0 Å². The Bertz CT molecular complexity index is 524. The molecule has 0 aromatic carbocycles. The molecule has 21 heavy (non-hydrogen) atoms. The van der Waals surface area contributed by atoms with E-state index in [0.29, 0.717) is 25.1 Å². The Morgan fingerprint density at radius 2 is 1.95 bits per heavy atom. The second-order valence-electron chi connectivity index (χ2n) is 6.02. The molecule has 6 nitrogen and oxygen atoms in total. The van der Waals surface area contributed by atoms with Gasteiger partial charge in [-0.15, -0.1) is 0 Å². The van der Waals surface area contributed by atoms with E-state index in [-0.39, 0.29) is 12.3 Å². The number of carboxylic acids is 1. The van der Waals surface area contributed by atoms with Crippen molar-refractivity contribution < 1.29 is 19.2 Å². The van der Waals surface area contributed by atoms with Crippen molar-refractivity contribution in [3.05, 3.63) is 17.0 Å². The number of carbonyl (C=O) groups excluding carboxylic acids is 1. The number of aliphatic carboxylic acids is 1. The van der Waals surface area contributed by atoms with Crippen molar-refractivity contribution in [1.82, 2.24) is 10.1 Å². The number of aryl methyl sites for hydroxylation is 2. The van der Waals surface area contributed by atoms with Crippen LogP contribution < -0.4 is 0 Å². The third kappa shape index (κ3) is 3.09. The number of carboxylic acid groups (broad SMARTS) is 1. The summed E-state index contributed by atoms with van der Waals surface area (Å²) in [6, 6.07) is 0. The third-order valence-corrected chi connectivity index (χ3v) is 4.51. The number of hydrogen-bond donors (Lipinski definition) is 1. The molecule has 0 radical (unpaired) electrons. The minimum absolute atomic E-state index is 0.0716. The second kappa shape index (κ2) is 5.87. The van der Waals surface area contributed by atoms with Crippen LogP contribution in [0.25, 0.3) is 0 Å². The molecule has 1 aliphatic carbocycles. The standard InChI is InChI=1S/C15H22N2O4/c1-10-12(11(2)21-16-10)9-17(3)13(18)8-15(14(19)20)6-4-5-7-15/h4-9H2,1-3H3,(H,19,20). The normalized spacial score (nSPS) is 16.9. The molecule has 0 spiro atoms. The molecule has 0 atom stereocenters. The van der Waals surface area contributed by atoms with Gasteiger partial charge in [-0.25, -0.2) is 0 Å². The summed E-state index contributed by atoms with van der Waals surface area (Å²) < 4.78 is 5.09. The van der Waals surface area contributed by atoms with Gasteiger partial charge in [-0.2, -0.15) is 0 Å². The molecule has 0 unspecified atom stereocenters. The molecular weight excluding hydrogens is 272 g/mol. The van der Waals surface area contributed by atoms with E-state index in [0.717, 1.165) is 24.1 Å². The van der Waals surface area contributed by atoms with Crippen LogP contribution >= 0.6 is 0 Å². The average molecular weight is 294 g/mol. The molecule has 0 saturated heterocycles. The zero-order valence-corrected chi connectivity index (χ0v) is 12.8. The van der Waals surface area contributed by atoms with Gasteiger partial charge in [0.25, 0.3) is 0 Å². The van der Waals surface area contributed by atoms with Crippen LogP contribution in [-0.4, -0.2) is 34.1 Å². The maximum Gasteiger partial charge on any atom is 0.310 e. The van der Waals surface area contributed by atoms with Crippen LogP contribution in [0.15, 0.2) is 4.52 Å². The predicted octanol–water partition coefficient (Wildman–Crippen LogP) is 2.28. The van der Waals surface area contributed by atoms with Gasteiger partial charge >= 0.3 is 5.97 Å². The Balaban J connectivity index is 2.04. The molecule has 0 bridgehead atoms. The van der Waals surface area contributed by atoms with Crippen molar-refractivity contribution in [3.63, 3.8) is 0 Å². The highest BCUT2D eigenvalue weighted by molar-refractivity contribution is 5.85. The highest BCUT2D eigenvalue weighted by atomic mass is 16.5. The highest BCUT2D eigenvalue weighted by Gasteiger charge is 2.43. The summed E-state index contributed by atoms with van der Waals surface area (Å²) in [4.78, 5) is 25.4. The largest absolute Gasteiger partial charge is 0.481 e. The average Bonchev–Trinajstić information content (AvgIpc) is 3.01. The maximum absolute atomic E-state index is 12.4. The summed E-state index contributed by atoms with van der Waals surface area (Å²) in [7, 11) is 1.69. The van der Waals surface area contributed by atoms with E-state index < -0.39 is 11.4 Å². The molecule has 1 amide bonds. The fourth-order valence-electron chi connectivity index (χ4n) is 3.00. The highest BCUT2D eigenvalue weighted by Crippen LogP contribution is 2.41. The topological polar surface area (TPSA) is 83.6 Å². The van der Waals surface area contributed by atoms with Crippen molar-refractivity contribution >= 4 is 11.9 Å². The first-order chi connectivity index (χ1) is 9.85. The van der Waals surface area contributed by atoms with Crippen molar-refractivity contribution in [3.8, 4) is 0 Å². The van der Waals surface area contributed by atoms with Gasteiger partial charge in [0.1, 0.15) is 5.76 Å². The first-order valence-electron chi connectivity index (χ1n) is 7.25. The van der Waals surface area contributed by atoms with Gasteiger partial charge in [0, 0.05) is 19.0 Å². The SMILES string of the molecule is Cc1noc(C)c1CN(C)C(=O)CC1(C(=O)O)CCCC1. The Kier molecular flexibility index (Phi) is 4.34. The van der Waals surface area contributed by atoms with Gasteiger partial charge in [0.2, 0.25) is 5.91 Å². The van der Waals surface area contributed by atoms with E-state index in [1.165, 1.54) is 0 Å². The number of carbonyl (C=O) groups is 2. The van der Waals surface area contributed by atoms with E-state index in [4.69, 9.17) is 4.52 Å². The Morgan fingerprint density at radius 1 is 1.33 bits per heavy atom. The van der Waals surface area contributed by atoms with Gasteiger partial charge in [0.05, 0.1) is 17.7 Å². The van der Waals surface area contributed by atoms with Crippen LogP contribution in [0, 0.1) is 19.3 Å². The summed E-state index contributed by atoms with van der Waals surface area (Å²) in [5.74, 6) is -0.292. The molecule has 2 rings (SSSR count). The Hall–Kier alpha value is -1.85. The van der Waals surface area contributed by atoms with E-state index in [1.807, 2.05) is 13.8 Å². The summed E-state index contributed by atoms with van der Waals surface area (Å²) in [6.45, 7) is 4.04. The van der Waals surface area contributed by atoms with Crippen molar-refractivity contribution in [2.45, 2.75) is 52.5 Å². The van der Waals surface area contributed by atoms with Crippen LogP contribution in [0.4, 0.5) is 0 Å². The lowest BCUT2D eigenvalue weighted by Crippen LogP contribution is -2.36. The number of rotatable bonds is 5. The van der Waals surface area contributed by atoms with Crippen LogP contribution in [0.2, 0.25) is 0 Å². The molecule has 1 aromatic rings. The number of hydrogen-bond acceptors (Lipinski definition) is 4. The lowest BCUT2D eigenvalue weighted by molar-refractivity contribution is -0.153. The van der Waals surface area contributed by atoms with Crippen LogP contribution in [0.1, 0.15) is 49.1 Å². The van der Waals surface area contributed by atoms with Gasteiger partial charge < -0.3 is 14.5 Å². The molecule has 0 aliphatic heterocycles. The number of amides is 1. The summed E-state index contributed by atoms with van der Waals surface area (Å²) in [5, 5.41) is 13.3. The number of nitrogens with zero attached hydrogens (tertiary/aromatic N) is 2. The monoisotopic (exact) mass is 294 g/mol. The number of aromatic nitrogens is 1. The minimum atomic E-state index is -0.871. The third-order valence-electron chi connectivity index (χ3n) is 4.51. The molecule has 1 N–H and O–H groups in total. The van der Waals surface area contributed by atoms with Crippen molar-refractivity contribution in [2.24, 2.45) is 5.41 Å². The smallest absolute Gasteiger partial charge is 0.310 e. The predicted molar refractivity (Wildman–Crippen MR) is 75.6 cm³/mol. The molecule has 6 heteroatoms. The molecule has 1 saturated carbocycles. The maximum atomic E-state index is 12.4. The first-order valence-corrected chi connectivity index (χ1v) is 7.25. The zero-order valence-electron chi connectivity index (χ0n) is 12.8. The van der Waals surface area contributed by atoms with Gasteiger partial charge in [0.15, 0.2) is 0 Å². The Labute approximate surface area is 124 Å². The van der Waals surface area contributed by atoms with Gasteiger partial charge in [-0.05, 0) is 26.7 Å².